The van der Waals surface area contributed by atoms with E-state index in [1.807, 2.05) is 32.0 Å². The third kappa shape index (κ3) is 3.90. The lowest BCUT2D eigenvalue weighted by atomic mass is 10.1. The molecule has 2 aromatic carbocycles. The predicted octanol–water partition coefficient (Wildman–Crippen LogP) is 4.50. The lowest BCUT2D eigenvalue weighted by molar-refractivity contribution is 0.269. The van der Waals surface area contributed by atoms with Crippen LogP contribution >= 0.6 is 11.6 Å². The molecule has 0 fully saturated rings. The third-order valence-corrected chi connectivity index (χ3v) is 3.32. The first kappa shape index (κ1) is 15.2. The summed E-state index contributed by atoms with van der Waals surface area (Å²) in [6.45, 7) is 4.74. The zero-order valence-electron chi connectivity index (χ0n) is 12.0. The number of halogens is 1. The van der Waals surface area contributed by atoms with E-state index in [2.05, 4.69) is 6.07 Å². The van der Waals surface area contributed by atoms with E-state index in [-0.39, 0.29) is 0 Å². The van der Waals surface area contributed by atoms with Gasteiger partial charge in [-0.05, 0) is 37.6 Å². The highest BCUT2D eigenvalue weighted by Gasteiger charge is 2.08. The molecule has 0 N–H and O–H groups in total. The van der Waals surface area contributed by atoms with Crippen molar-refractivity contribution in [1.29, 1.82) is 5.26 Å². The number of aryl methyl sites for hydroxylation is 1. The summed E-state index contributed by atoms with van der Waals surface area (Å²) >= 11 is 6.19. The van der Waals surface area contributed by atoms with E-state index in [0.717, 1.165) is 11.1 Å². The second-order valence-corrected chi connectivity index (χ2v) is 5.00. The monoisotopic (exact) mass is 301 g/mol. The molecule has 0 radical (unpaired) electrons. The Kier molecular flexibility index (Phi) is 5.08. The molecule has 0 atom stereocenters. The quantitative estimate of drug-likeness (QED) is 0.816. The lowest BCUT2D eigenvalue weighted by Gasteiger charge is -2.13. The van der Waals surface area contributed by atoms with Gasteiger partial charge in [0.1, 0.15) is 6.61 Å². The average molecular weight is 302 g/mol. The molecule has 108 valence electrons. The van der Waals surface area contributed by atoms with Gasteiger partial charge >= 0.3 is 0 Å². The Labute approximate surface area is 129 Å². The largest absolute Gasteiger partial charge is 0.490 e. The second kappa shape index (κ2) is 7.01. The van der Waals surface area contributed by atoms with Crippen LogP contribution in [0.5, 0.6) is 11.5 Å². The van der Waals surface area contributed by atoms with Gasteiger partial charge in [0.05, 0.1) is 18.2 Å². The van der Waals surface area contributed by atoms with Crippen LogP contribution in [0.3, 0.4) is 0 Å². The van der Waals surface area contributed by atoms with Crippen LogP contribution in [0.15, 0.2) is 36.4 Å². The fraction of sp³-hybridized carbons (Fsp3) is 0.235. The molecule has 0 aliphatic carbocycles. The van der Waals surface area contributed by atoms with Gasteiger partial charge in [-0.3, -0.25) is 0 Å². The lowest BCUT2D eigenvalue weighted by Crippen LogP contribution is -2.00. The molecule has 21 heavy (non-hydrogen) atoms. The molecule has 3 nitrogen and oxygen atoms in total. The highest BCUT2D eigenvalue weighted by molar-refractivity contribution is 6.31. The maximum atomic E-state index is 8.93. The molecule has 0 aliphatic heterocycles. The minimum Gasteiger partial charge on any atom is -0.490 e. The van der Waals surface area contributed by atoms with Gasteiger partial charge in [0.15, 0.2) is 11.5 Å². The van der Waals surface area contributed by atoms with Gasteiger partial charge in [-0.1, -0.05) is 23.7 Å². The third-order valence-electron chi connectivity index (χ3n) is 2.96. The minimum atomic E-state index is 0.352. The zero-order chi connectivity index (χ0) is 15.2. The molecule has 0 amide bonds. The molecular weight excluding hydrogens is 286 g/mol. The zero-order valence-corrected chi connectivity index (χ0v) is 12.8. The first-order chi connectivity index (χ1) is 10.1. The summed E-state index contributed by atoms with van der Waals surface area (Å²) < 4.78 is 11.3. The fourth-order valence-corrected chi connectivity index (χ4v) is 2.18. The molecule has 4 heteroatoms. The normalized spacial score (nSPS) is 10.0. The summed E-state index contributed by atoms with van der Waals surface area (Å²) in [5.74, 6) is 1.17. The van der Waals surface area contributed by atoms with E-state index in [1.54, 1.807) is 18.2 Å². The predicted molar refractivity (Wildman–Crippen MR) is 82.8 cm³/mol. The Balaban J connectivity index is 2.17. The minimum absolute atomic E-state index is 0.352. The first-order valence-corrected chi connectivity index (χ1v) is 7.06. The van der Waals surface area contributed by atoms with Crippen LogP contribution in [0.1, 0.15) is 23.6 Å². The molecule has 0 aromatic heterocycles. The standard InChI is InChI=1S/C17H16ClNO2/c1-3-20-17-9-13(10-19)5-7-16(17)21-11-14-6-4-12(2)8-15(14)18/h4-9H,3,11H2,1-2H3. The number of hydrogen-bond acceptors (Lipinski definition) is 3. The molecule has 0 bridgehead atoms. The summed E-state index contributed by atoms with van der Waals surface area (Å²) in [5.41, 5.74) is 2.56. The Morgan fingerprint density at radius 1 is 1.10 bits per heavy atom. The summed E-state index contributed by atoms with van der Waals surface area (Å²) in [7, 11) is 0. The van der Waals surface area contributed by atoms with E-state index in [0.29, 0.717) is 35.3 Å². The van der Waals surface area contributed by atoms with E-state index in [4.69, 9.17) is 26.3 Å². The molecular formula is C17H16ClNO2. The van der Waals surface area contributed by atoms with Crippen molar-refractivity contribution < 1.29 is 9.47 Å². The molecule has 0 spiro atoms. The highest BCUT2D eigenvalue weighted by Crippen LogP contribution is 2.30. The van der Waals surface area contributed by atoms with E-state index >= 15 is 0 Å². The van der Waals surface area contributed by atoms with Crippen molar-refractivity contribution in [2.24, 2.45) is 0 Å². The van der Waals surface area contributed by atoms with Gasteiger partial charge in [0, 0.05) is 16.7 Å². The van der Waals surface area contributed by atoms with Crippen LogP contribution in [0, 0.1) is 18.3 Å². The van der Waals surface area contributed by atoms with Crippen molar-refractivity contribution in [3.8, 4) is 17.6 Å². The molecule has 2 rings (SSSR count). The molecule has 0 heterocycles. The van der Waals surface area contributed by atoms with Gasteiger partial charge in [0.2, 0.25) is 0 Å². The van der Waals surface area contributed by atoms with Crippen molar-refractivity contribution in [2.75, 3.05) is 6.61 Å². The number of rotatable bonds is 5. The van der Waals surface area contributed by atoms with Gasteiger partial charge < -0.3 is 9.47 Å². The van der Waals surface area contributed by atoms with Gasteiger partial charge in [-0.2, -0.15) is 5.26 Å². The van der Waals surface area contributed by atoms with Crippen molar-refractivity contribution in [2.45, 2.75) is 20.5 Å². The Morgan fingerprint density at radius 2 is 1.90 bits per heavy atom. The average Bonchev–Trinajstić information content (AvgIpc) is 2.47. The van der Waals surface area contributed by atoms with Crippen LogP contribution in [0.25, 0.3) is 0 Å². The Hall–Kier alpha value is -2.18. The molecule has 2 aromatic rings. The number of ether oxygens (including phenoxy) is 2. The van der Waals surface area contributed by atoms with Crippen molar-refractivity contribution in [3.63, 3.8) is 0 Å². The topological polar surface area (TPSA) is 42.2 Å². The van der Waals surface area contributed by atoms with Crippen LogP contribution < -0.4 is 9.47 Å². The Morgan fingerprint density at radius 3 is 2.57 bits per heavy atom. The number of nitriles is 1. The van der Waals surface area contributed by atoms with Gasteiger partial charge in [0.25, 0.3) is 0 Å². The van der Waals surface area contributed by atoms with Gasteiger partial charge in [-0.25, -0.2) is 0 Å². The maximum Gasteiger partial charge on any atom is 0.162 e. The van der Waals surface area contributed by atoms with Crippen LogP contribution in [-0.4, -0.2) is 6.61 Å². The summed E-state index contributed by atoms with van der Waals surface area (Å²) in [6, 6.07) is 13.1. The van der Waals surface area contributed by atoms with Crippen molar-refractivity contribution >= 4 is 11.6 Å². The first-order valence-electron chi connectivity index (χ1n) is 6.68. The summed E-state index contributed by atoms with van der Waals surface area (Å²) in [4.78, 5) is 0. The number of benzene rings is 2. The molecule has 0 aliphatic rings. The highest BCUT2D eigenvalue weighted by atomic mass is 35.5. The van der Waals surface area contributed by atoms with E-state index < -0.39 is 0 Å². The molecule has 0 unspecified atom stereocenters. The van der Waals surface area contributed by atoms with E-state index in [9.17, 15) is 0 Å². The Bertz CT molecular complexity index is 677. The smallest absolute Gasteiger partial charge is 0.162 e. The van der Waals surface area contributed by atoms with Crippen molar-refractivity contribution in [3.05, 3.63) is 58.1 Å². The fourth-order valence-electron chi connectivity index (χ4n) is 1.89. The van der Waals surface area contributed by atoms with Crippen molar-refractivity contribution in [1.82, 2.24) is 0 Å². The molecule has 0 saturated carbocycles. The maximum absolute atomic E-state index is 8.93. The summed E-state index contributed by atoms with van der Waals surface area (Å²) in [6.07, 6.45) is 0. The number of nitrogens with zero attached hydrogens (tertiary/aromatic N) is 1. The SMILES string of the molecule is CCOc1cc(C#N)ccc1OCc1ccc(C)cc1Cl. The van der Waals surface area contributed by atoms with Crippen LogP contribution in [-0.2, 0) is 6.61 Å². The summed E-state index contributed by atoms with van der Waals surface area (Å²) in [5, 5.41) is 9.61. The number of hydrogen-bond donors (Lipinski definition) is 0. The van der Waals surface area contributed by atoms with E-state index in [1.165, 1.54) is 0 Å². The second-order valence-electron chi connectivity index (χ2n) is 4.59. The van der Waals surface area contributed by atoms with Gasteiger partial charge in [-0.15, -0.1) is 0 Å². The van der Waals surface area contributed by atoms with Crippen LogP contribution in [0.4, 0.5) is 0 Å². The van der Waals surface area contributed by atoms with Crippen LogP contribution in [0.2, 0.25) is 5.02 Å². The molecule has 0 saturated heterocycles.